The minimum atomic E-state index is -3.43. The first kappa shape index (κ1) is 19.6. The molecule has 7 heteroatoms. The fourth-order valence-corrected chi connectivity index (χ4v) is 2.98. The Morgan fingerprint density at radius 1 is 1.13 bits per heavy atom. The second kappa shape index (κ2) is 9.64. The van der Waals surface area contributed by atoms with E-state index in [1.165, 1.54) is 45.5 Å². The van der Waals surface area contributed by atoms with Crippen LogP contribution in [0.3, 0.4) is 0 Å². The molecule has 0 spiro atoms. The maximum absolute atomic E-state index is 11.9. The zero-order valence-corrected chi connectivity index (χ0v) is 15.0. The monoisotopic (exact) mass is 342 g/mol. The van der Waals surface area contributed by atoms with Crippen molar-refractivity contribution in [1.82, 2.24) is 4.31 Å². The van der Waals surface area contributed by atoms with E-state index in [1.807, 2.05) is 5.32 Å². The molecule has 0 aliphatic heterocycles. The average molecular weight is 342 g/mol. The molecule has 0 radical (unpaired) electrons. The van der Waals surface area contributed by atoms with Gasteiger partial charge in [-0.25, -0.2) is 12.7 Å². The largest absolute Gasteiger partial charge is 0.338 e. The zero-order chi connectivity index (χ0) is 17.3. The first-order chi connectivity index (χ1) is 10.9. The molecule has 0 saturated heterocycles. The third-order valence-electron chi connectivity index (χ3n) is 3.51. The minimum Gasteiger partial charge on any atom is -0.338 e. The predicted molar refractivity (Wildman–Crippen MR) is 91.7 cm³/mol. The molecule has 0 aliphatic rings. The second-order valence-corrected chi connectivity index (χ2v) is 7.85. The number of nitrogens with zero attached hydrogens (tertiary/aromatic N) is 1. The second-order valence-electron chi connectivity index (χ2n) is 5.70. The summed E-state index contributed by atoms with van der Waals surface area (Å²) in [4.78, 5) is 12.0. The SMILES string of the molecule is CCCCCC[NH2+]CC(=O)Nc1ccc(S(=O)(=O)N(C)C)cc1. The summed E-state index contributed by atoms with van der Waals surface area (Å²) in [6.07, 6.45) is 4.77. The van der Waals surface area contributed by atoms with Gasteiger partial charge in [-0.15, -0.1) is 0 Å². The van der Waals surface area contributed by atoms with Gasteiger partial charge in [-0.3, -0.25) is 4.79 Å². The summed E-state index contributed by atoms with van der Waals surface area (Å²) in [5.74, 6) is -0.0799. The first-order valence-corrected chi connectivity index (χ1v) is 9.46. The van der Waals surface area contributed by atoms with E-state index in [-0.39, 0.29) is 10.8 Å². The van der Waals surface area contributed by atoms with Gasteiger partial charge in [-0.05, 0) is 37.1 Å². The standard InChI is InChI=1S/C16H27N3O3S/c1-4-5-6-7-12-17-13-16(20)18-14-8-10-15(11-9-14)23(21,22)19(2)3/h8-11,17H,4-7,12-13H2,1-3H3,(H,18,20)/p+1. The van der Waals surface area contributed by atoms with Crippen molar-refractivity contribution < 1.29 is 18.5 Å². The number of hydrogen-bond acceptors (Lipinski definition) is 3. The summed E-state index contributed by atoms with van der Waals surface area (Å²) < 4.78 is 25.1. The third kappa shape index (κ3) is 6.68. The molecule has 0 aromatic heterocycles. The normalized spacial score (nSPS) is 11.7. The number of benzene rings is 1. The number of nitrogens with one attached hydrogen (secondary N) is 1. The molecule has 6 nitrogen and oxygen atoms in total. The minimum absolute atomic E-state index is 0.0799. The lowest BCUT2D eigenvalue weighted by atomic mass is 10.2. The van der Waals surface area contributed by atoms with E-state index in [9.17, 15) is 13.2 Å². The topological polar surface area (TPSA) is 83.1 Å². The van der Waals surface area contributed by atoms with Gasteiger partial charge in [-0.2, -0.15) is 0 Å². The van der Waals surface area contributed by atoms with Crippen LogP contribution >= 0.6 is 0 Å². The van der Waals surface area contributed by atoms with Gasteiger partial charge in [0.2, 0.25) is 10.0 Å². The number of nitrogens with two attached hydrogens (primary N) is 1. The molecule has 0 unspecified atom stereocenters. The van der Waals surface area contributed by atoms with Gasteiger partial charge in [0.05, 0.1) is 11.4 Å². The van der Waals surface area contributed by atoms with Crippen molar-refractivity contribution in [3.8, 4) is 0 Å². The van der Waals surface area contributed by atoms with Crippen LogP contribution in [0.5, 0.6) is 0 Å². The van der Waals surface area contributed by atoms with E-state index in [1.54, 1.807) is 12.1 Å². The van der Waals surface area contributed by atoms with Crippen molar-refractivity contribution >= 4 is 21.6 Å². The van der Waals surface area contributed by atoms with Gasteiger partial charge in [0.15, 0.2) is 6.54 Å². The smallest absolute Gasteiger partial charge is 0.279 e. The highest BCUT2D eigenvalue weighted by atomic mass is 32.2. The molecule has 1 aromatic rings. The number of carbonyl (C=O) groups excluding carboxylic acids is 1. The Morgan fingerprint density at radius 2 is 1.78 bits per heavy atom. The summed E-state index contributed by atoms with van der Waals surface area (Å²) >= 11 is 0. The van der Waals surface area contributed by atoms with Crippen molar-refractivity contribution in [2.75, 3.05) is 32.5 Å². The fourth-order valence-electron chi connectivity index (χ4n) is 2.08. The van der Waals surface area contributed by atoms with E-state index >= 15 is 0 Å². The van der Waals surface area contributed by atoms with Gasteiger partial charge in [0.25, 0.3) is 5.91 Å². The summed E-state index contributed by atoms with van der Waals surface area (Å²) in [5, 5.41) is 4.77. The van der Waals surface area contributed by atoms with E-state index in [2.05, 4.69) is 12.2 Å². The lowest BCUT2D eigenvalue weighted by Gasteiger charge is -2.11. The Labute approximate surface area is 139 Å². The summed E-state index contributed by atoms with van der Waals surface area (Å²) in [7, 11) is -0.458. The number of amides is 1. The molecule has 130 valence electrons. The van der Waals surface area contributed by atoms with Crippen LogP contribution in [0.1, 0.15) is 32.6 Å². The molecule has 0 saturated carbocycles. The molecule has 23 heavy (non-hydrogen) atoms. The van der Waals surface area contributed by atoms with Crippen LogP contribution in [-0.4, -0.2) is 45.8 Å². The van der Waals surface area contributed by atoms with Crippen LogP contribution in [0.4, 0.5) is 5.69 Å². The molecule has 3 N–H and O–H groups in total. The van der Waals surface area contributed by atoms with Crippen LogP contribution in [0.25, 0.3) is 0 Å². The highest BCUT2D eigenvalue weighted by Gasteiger charge is 2.16. The van der Waals surface area contributed by atoms with Gasteiger partial charge in [0.1, 0.15) is 0 Å². The van der Waals surface area contributed by atoms with Crippen LogP contribution < -0.4 is 10.6 Å². The maximum Gasteiger partial charge on any atom is 0.279 e. The average Bonchev–Trinajstić information content (AvgIpc) is 2.51. The number of sulfonamides is 1. The molecule has 1 rings (SSSR count). The number of unbranched alkanes of at least 4 members (excludes halogenated alkanes) is 3. The Hall–Kier alpha value is -1.44. The highest BCUT2D eigenvalue weighted by molar-refractivity contribution is 7.89. The summed E-state index contributed by atoms with van der Waals surface area (Å²) in [5.41, 5.74) is 0.604. The van der Waals surface area contributed by atoms with Gasteiger partial charge in [-0.1, -0.05) is 19.8 Å². The van der Waals surface area contributed by atoms with Crippen molar-refractivity contribution in [2.24, 2.45) is 0 Å². The number of carbonyl (C=O) groups is 1. The molecule has 0 bridgehead atoms. The van der Waals surface area contributed by atoms with Crippen LogP contribution in [0, 0.1) is 0 Å². The van der Waals surface area contributed by atoms with Crippen LogP contribution in [0.2, 0.25) is 0 Å². The van der Waals surface area contributed by atoms with Crippen molar-refractivity contribution in [3.63, 3.8) is 0 Å². The first-order valence-electron chi connectivity index (χ1n) is 8.02. The van der Waals surface area contributed by atoms with Gasteiger partial charge in [0, 0.05) is 19.8 Å². The van der Waals surface area contributed by atoms with Gasteiger partial charge < -0.3 is 10.6 Å². The lowest BCUT2D eigenvalue weighted by Crippen LogP contribution is -2.86. The van der Waals surface area contributed by atoms with Crippen molar-refractivity contribution in [1.29, 1.82) is 0 Å². The van der Waals surface area contributed by atoms with E-state index in [0.29, 0.717) is 12.2 Å². The summed E-state index contributed by atoms with van der Waals surface area (Å²) in [6, 6.07) is 6.21. The number of rotatable bonds is 10. The lowest BCUT2D eigenvalue weighted by molar-refractivity contribution is -0.643. The Bertz CT molecular complexity index is 583. The number of hydrogen-bond donors (Lipinski definition) is 2. The molecular weight excluding hydrogens is 314 g/mol. The Kier molecular flexibility index (Phi) is 8.22. The fraction of sp³-hybridized carbons (Fsp3) is 0.562. The van der Waals surface area contributed by atoms with Gasteiger partial charge >= 0.3 is 0 Å². The van der Waals surface area contributed by atoms with Crippen LogP contribution in [0.15, 0.2) is 29.2 Å². The number of anilines is 1. The quantitative estimate of drug-likeness (QED) is 0.623. The van der Waals surface area contributed by atoms with E-state index < -0.39 is 10.0 Å². The van der Waals surface area contributed by atoms with E-state index in [0.717, 1.165) is 17.3 Å². The van der Waals surface area contributed by atoms with E-state index in [4.69, 9.17) is 0 Å². The van der Waals surface area contributed by atoms with Crippen molar-refractivity contribution in [2.45, 2.75) is 37.5 Å². The third-order valence-corrected chi connectivity index (χ3v) is 5.34. The maximum atomic E-state index is 11.9. The van der Waals surface area contributed by atoms with Crippen LogP contribution in [-0.2, 0) is 14.8 Å². The van der Waals surface area contributed by atoms with Crippen molar-refractivity contribution in [3.05, 3.63) is 24.3 Å². The molecule has 0 heterocycles. The Balaban J connectivity index is 2.42. The molecule has 1 aromatic carbocycles. The molecule has 0 atom stereocenters. The number of quaternary nitrogens is 1. The molecule has 0 aliphatic carbocycles. The molecule has 0 fully saturated rings. The molecular formula is C16H28N3O3S+. The molecule has 1 amide bonds. The predicted octanol–water partition coefficient (Wildman–Crippen LogP) is 1.02. The highest BCUT2D eigenvalue weighted by Crippen LogP contribution is 2.16. The Morgan fingerprint density at radius 3 is 2.35 bits per heavy atom. The summed E-state index contributed by atoms with van der Waals surface area (Å²) in [6.45, 7) is 3.50. The zero-order valence-electron chi connectivity index (χ0n) is 14.2.